The molecule has 0 saturated heterocycles. The molecule has 1 aliphatic carbocycles. The average molecular weight is 492 g/mol. The fraction of sp³-hybridized carbons (Fsp3) is 0.467. The first-order chi connectivity index (χ1) is 16.5. The third-order valence-corrected chi connectivity index (χ3v) is 8.52. The van der Waals surface area contributed by atoms with Crippen molar-refractivity contribution in [3.63, 3.8) is 0 Å². The minimum Gasteiger partial charge on any atom is -0.477 e. The predicted octanol–water partition coefficient (Wildman–Crippen LogP) is 8.13. The van der Waals surface area contributed by atoms with Gasteiger partial charge >= 0.3 is 5.97 Å². The third kappa shape index (κ3) is 5.02. The van der Waals surface area contributed by atoms with Gasteiger partial charge < -0.3 is 10.0 Å². The van der Waals surface area contributed by atoms with Crippen LogP contribution in [-0.2, 0) is 10.2 Å². The molecule has 1 saturated carbocycles. The number of nitrogens with zero attached hydrogens (tertiary/aromatic N) is 1. The smallest absolute Gasteiger partial charge is 0.348 e. The summed E-state index contributed by atoms with van der Waals surface area (Å²) in [5.41, 5.74) is 3.93. The van der Waals surface area contributed by atoms with E-state index >= 15 is 0 Å². The van der Waals surface area contributed by atoms with Gasteiger partial charge in [0.2, 0.25) is 5.91 Å². The molecule has 1 heterocycles. The summed E-state index contributed by atoms with van der Waals surface area (Å²) in [5, 5.41) is 11.0. The van der Waals surface area contributed by atoms with E-state index in [4.69, 9.17) is 0 Å². The molecule has 2 aromatic carbocycles. The zero-order valence-electron chi connectivity index (χ0n) is 21.7. The normalized spacial score (nSPS) is 18.7. The van der Waals surface area contributed by atoms with Crippen molar-refractivity contribution in [3.8, 4) is 11.1 Å². The number of aromatic carboxylic acids is 1. The molecular formula is C30H37NO3S. The topological polar surface area (TPSA) is 57.6 Å². The van der Waals surface area contributed by atoms with Crippen LogP contribution in [0.3, 0.4) is 0 Å². The van der Waals surface area contributed by atoms with Gasteiger partial charge in [0, 0.05) is 22.0 Å². The van der Waals surface area contributed by atoms with Crippen LogP contribution in [-0.4, -0.2) is 23.0 Å². The van der Waals surface area contributed by atoms with Crippen LogP contribution in [0.25, 0.3) is 21.2 Å². The molecule has 4 rings (SSSR count). The first-order valence-corrected chi connectivity index (χ1v) is 13.5. The lowest BCUT2D eigenvalue weighted by molar-refractivity contribution is -0.123. The fourth-order valence-electron chi connectivity index (χ4n) is 5.19. The Morgan fingerprint density at radius 3 is 2.17 bits per heavy atom. The highest BCUT2D eigenvalue weighted by molar-refractivity contribution is 7.22. The van der Waals surface area contributed by atoms with Crippen LogP contribution in [0.4, 0.5) is 5.69 Å². The van der Waals surface area contributed by atoms with E-state index in [9.17, 15) is 14.7 Å². The van der Waals surface area contributed by atoms with Gasteiger partial charge in [-0.05, 0) is 67.6 Å². The molecule has 1 aromatic heterocycles. The van der Waals surface area contributed by atoms with E-state index < -0.39 is 5.97 Å². The maximum absolute atomic E-state index is 13.8. The number of fused-ring (bicyclic) bond motifs is 1. The number of benzene rings is 2. The van der Waals surface area contributed by atoms with Gasteiger partial charge in [0.15, 0.2) is 0 Å². The Bertz CT molecular complexity index is 1220. The van der Waals surface area contributed by atoms with Crippen LogP contribution in [0.5, 0.6) is 0 Å². The number of carboxylic acids is 1. The van der Waals surface area contributed by atoms with Gasteiger partial charge in [-0.1, -0.05) is 70.2 Å². The summed E-state index contributed by atoms with van der Waals surface area (Å²) in [6.45, 7) is 12.8. The van der Waals surface area contributed by atoms with Gasteiger partial charge in [0.25, 0.3) is 0 Å². The monoisotopic (exact) mass is 491 g/mol. The van der Waals surface area contributed by atoms with E-state index in [0.29, 0.717) is 11.6 Å². The molecule has 3 aromatic rings. The summed E-state index contributed by atoms with van der Waals surface area (Å²) in [7, 11) is 0. The van der Waals surface area contributed by atoms with Gasteiger partial charge in [-0.25, -0.2) is 4.79 Å². The van der Waals surface area contributed by atoms with Crippen molar-refractivity contribution in [2.75, 3.05) is 4.90 Å². The Kier molecular flexibility index (Phi) is 7.10. The first-order valence-electron chi connectivity index (χ1n) is 12.7. The number of anilines is 1. The van der Waals surface area contributed by atoms with E-state index in [0.717, 1.165) is 46.9 Å². The Hall–Kier alpha value is -2.66. The Labute approximate surface area is 213 Å². The number of carbonyl (C=O) groups is 2. The maximum atomic E-state index is 13.8. The summed E-state index contributed by atoms with van der Waals surface area (Å²) >= 11 is 1.28. The molecule has 1 aliphatic rings. The Balaban J connectivity index is 1.84. The number of hydrogen-bond acceptors (Lipinski definition) is 3. The highest BCUT2D eigenvalue weighted by Crippen LogP contribution is 2.45. The number of amides is 1. The number of carboxylic acid groups (broad SMARTS) is 1. The van der Waals surface area contributed by atoms with E-state index in [1.807, 2.05) is 32.0 Å². The first kappa shape index (κ1) is 25.4. The van der Waals surface area contributed by atoms with Crippen LogP contribution in [0.1, 0.15) is 82.5 Å². The van der Waals surface area contributed by atoms with Crippen LogP contribution < -0.4 is 4.90 Å². The lowest BCUT2D eigenvalue weighted by Gasteiger charge is -2.33. The molecule has 35 heavy (non-hydrogen) atoms. The predicted molar refractivity (Wildman–Crippen MR) is 147 cm³/mol. The summed E-state index contributed by atoms with van der Waals surface area (Å²) in [5.74, 6) is -0.311. The molecule has 0 unspecified atom stereocenters. The van der Waals surface area contributed by atoms with Gasteiger partial charge in [-0.3, -0.25) is 4.79 Å². The molecule has 0 aliphatic heterocycles. The van der Waals surface area contributed by atoms with Crippen molar-refractivity contribution in [1.82, 2.24) is 0 Å². The van der Waals surface area contributed by atoms with Crippen LogP contribution >= 0.6 is 11.3 Å². The highest BCUT2D eigenvalue weighted by Gasteiger charge is 2.34. The van der Waals surface area contributed by atoms with Crippen molar-refractivity contribution in [1.29, 1.82) is 0 Å². The number of rotatable bonds is 5. The van der Waals surface area contributed by atoms with E-state index in [1.54, 1.807) is 4.90 Å². The van der Waals surface area contributed by atoms with Gasteiger partial charge in [0.05, 0.1) is 5.69 Å². The highest BCUT2D eigenvalue weighted by atomic mass is 32.1. The molecule has 1 fully saturated rings. The number of carbonyl (C=O) groups excluding carboxylic acids is 1. The summed E-state index contributed by atoms with van der Waals surface area (Å²) in [4.78, 5) is 28.2. The lowest BCUT2D eigenvalue weighted by Crippen LogP contribution is -2.42. The average Bonchev–Trinajstić information content (AvgIpc) is 3.18. The lowest BCUT2D eigenvalue weighted by atomic mass is 9.82. The minimum atomic E-state index is -0.981. The molecule has 186 valence electrons. The second kappa shape index (κ2) is 9.77. The molecule has 5 heteroatoms. The quantitative estimate of drug-likeness (QED) is 0.392. The van der Waals surface area contributed by atoms with E-state index in [1.165, 1.54) is 16.9 Å². The van der Waals surface area contributed by atoms with Crippen LogP contribution in [0, 0.1) is 11.8 Å². The molecule has 1 amide bonds. The van der Waals surface area contributed by atoms with Crippen molar-refractivity contribution in [2.45, 2.75) is 78.7 Å². The van der Waals surface area contributed by atoms with Crippen LogP contribution in [0.2, 0.25) is 0 Å². The zero-order chi connectivity index (χ0) is 25.5. The SMILES string of the molecule is CC1CCC(C(=O)N(c2c(C(=O)O)sc3c(-c4ccc(C(C)(C)C)cc4)cccc23)C(C)C)CC1. The molecule has 4 nitrogen and oxygen atoms in total. The minimum absolute atomic E-state index is 0.0432. The van der Waals surface area contributed by atoms with Gasteiger partial charge in [-0.15, -0.1) is 11.3 Å². The van der Waals surface area contributed by atoms with Gasteiger partial charge in [-0.2, -0.15) is 0 Å². The molecule has 0 spiro atoms. The van der Waals surface area contributed by atoms with Crippen molar-refractivity contribution < 1.29 is 14.7 Å². The standard InChI is InChI=1S/C30H37NO3S/c1-18(2)31(28(32)21-12-10-19(3)11-13-21)25-24-9-7-8-23(26(24)35-27(25)29(33)34)20-14-16-22(17-15-20)30(4,5)6/h7-9,14-19,21H,10-13H2,1-6H3,(H,33,34). The number of thiophene rings is 1. The molecular weight excluding hydrogens is 454 g/mol. The summed E-state index contributed by atoms with van der Waals surface area (Å²) in [6.07, 6.45) is 3.85. The zero-order valence-corrected chi connectivity index (χ0v) is 22.5. The Morgan fingerprint density at radius 1 is 1.00 bits per heavy atom. The summed E-state index contributed by atoms with van der Waals surface area (Å²) < 4.78 is 0.916. The third-order valence-electron chi connectivity index (χ3n) is 7.31. The van der Waals surface area contributed by atoms with Crippen LogP contribution in [0.15, 0.2) is 42.5 Å². The summed E-state index contributed by atoms with van der Waals surface area (Å²) in [6, 6.07) is 14.4. The second-order valence-corrected chi connectivity index (χ2v) is 12.4. The second-order valence-electron chi connectivity index (χ2n) is 11.4. The largest absolute Gasteiger partial charge is 0.477 e. The molecule has 0 atom stereocenters. The van der Waals surface area contributed by atoms with Crippen molar-refractivity contribution in [3.05, 3.63) is 52.9 Å². The fourth-order valence-corrected chi connectivity index (χ4v) is 6.36. The van der Waals surface area contributed by atoms with Gasteiger partial charge in [0.1, 0.15) is 4.88 Å². The Morgan fingerprint density at radius 2 is 1.63 bits per heavy atom. The van der Waals surface area contributed by atoms with Crippen molar-refractivity contribution in [2.24, 2.45) is 11.8 Å². The van der Waals surface area contributed by atoms with E-state index in [-0.39, 0.29) is 28.2 Å². The molecule has 1 N–H and O–H groups in total. The molecule has 0 radical (unpaired) electrons. The van der Waals surface area contributed by atoms with E-state index in [2.05, 4.69) is 52.0 Å². The van der Waals surface area contributed by atoms with Crippen molar-refractivity contribution >= 4 is 39.0 Å². The number of hydrogen-bond donors (Lipinski definition) is 1. The maximum Gasteiger partial charge on any atom is 0.348 e. The molecule has 0 bridgehead atoms.